The summed E-state index contributed by atoms with van der Waals surface area (Å²) in [5.74, 6) is -2.18. The molecule has 6 rings (SSSR count). The zero-order valence-corrected chi connectivity index (χ0v) is 24.1. The van der Waals surface area contributed by atoms with Gasteiger partial charge in [0.05, 0.1) is 28.0 Å². The van der Waals surface area contributed by atoms with E-state index in [0.29, 0.717) is 43.1 Å². The van der Waals surface area contributed by atoms with Crippen molar-refractivity contribution in [3.63, 3.8) is 0 Å². The number of nitrogens with one attached hydrogen (secondary N) is 1. The molecule has 6 nitrogen and oxygen atoms in total. The van der Waals surface area contributed by atoms with Crippen molar-refractivity contribution in [1.29, 1.82) is 0 Å². The summed E-state index contributed by atoms with van der Waals surface area (Å²) in [4.78, 5) is 14.7. The van der Waals surface area contributed by atoms with Crippen molar-refractivity contribution in [1.82, 2.24) is 9.62 Å². The van der Waals surface area contributed by atoms with Gasteiger partial charge >= 0.3 is 6.18 Å². The van der Waals surface area contributed by atoms with Crippen LogP contribution in [0.5, 0.6) is 5.75 Å². The van der Waals surface area contributed by atoms with Gasteiger partial charge in [-0.15, -0.1) is 0 Å². The van der Waals surface area contributed by atoms with Crippen molar-refractivity contribution >= 4 is 27.5 Å². The van der Waals surface area contributed by atoms with E-state index in [1.54, 1.807) is 0 Å². The molecule has 13 heteroatoms. The van der Waals surface area contributed by atoms with Gasteiger partial charge in [-0.25, -0.2) is 21.9 Å². The average molecular weight is 633 g/mol. The molecule has 0 spiro atoms. The summed E-state index contributed by atoms with van der Waals surface area (Å²) < 4.78 is 102. The van der Waals surface area contributed by atoms with E-state index in [1.165, 1.54) is 6.07 Å². The Hall–Kier alpha value is -2.44. The Balaban J connectivity index is 1.12. The molecule has 2 aliphatic carbocycles. The van der Waals surface area contributed by atoms with Crippen LogP contribution in [0.25, 0.3) is 0 Å². The number of hydrogen-bond donors (Lipinski definition) is 1. The maximum atomic E-state index is 15.0. The van der Waals surface area contributed by atoms with Crippen LogP contribution in [0.4, 0.5) is 22.0 Å². The molecule has 2 unspecified atom stereocenters. The van der Waals surface area contributed by atoms with Crippen LogP contribution in [0.1, 0.15) is 84.3 Å². The first-order chi connectivity index (χ1) is 19.8. The highest BCUT2D eigenvalue weighted by Crippen LogP contribution is 2.46. The van der Waals surface area contributed by atoms with E-state index in [2.05, 4.69) is 0 Å². The molecule has 2 saturated carbocycles. The Labute approximate surface area is 245 Å². The average Bonchev–Trinajstić information content (AvgIpc) is 3.81. The topological polar surface area (TPSA) is 75.7 Å². The fraction of sp³-hybridized carbons (Fsp3) is 0.552. The summed E-state index contributed by atoms with van der Waals surface area (Å²) in [6, 6.07) is 4.03. The lowest BCUT2D eigenvalue weighted by atomic mass is 9.90. The number of fused-ring (bicyclic) bond motifs is 2. The van der Waals surface area contributed by atoms with Crippen LogP contribution in [0.2, 0.25) is 5.02 Å². The number of benzene rings is 2. The van der Waals surface area contributed by atoms with Gasteiger partial charge < -0.3 is 4.74 Å². The number of ether oxygens (including phenoxy) is 1. The second kappa shape index (κ2) is 10.9. The van der Waals surface area contributed by atoms with E-state index in [-0.39, 0.29) is 48.2 Å². The predicted octanol–water partition coefficient (Wildman–Crippen LogP) is 6.56. The molecule has 4 aliphatic rings. The number of nitrogens with zero attached hydrogens (tertiary/aromatic N) is 1. The molecule has 2 saturated heterocycles. The number of carbonyl (C=O) groups excluding carboxylic acids is 1. The number of carbonyl (C=O) groups is 1. The molecule has 4 fully saturated rings. The third-order valence-corrected chi connectivity index (χ3v) is 10.9. The highest BCUT2D eigenvalue weighted by Gasteiger charge is 2.42. The molecule has 2 bridgehead atoms. The molecule has 0 aromatic heterocycles. The minimum Gasteiger partial charge on any atom is -0.493 e. The van der Waals surface area contributed by atoms with Crippen molar-refractivity contribution in [2.24, 2.45) is 5.92 Å². The third-order valence-electron chi connectivity index (χ3n) is 8.80. The number of sulfonamides is 1. The van der Waals surface area contributed by atoms with Gasteiger partial charge in [-0.1, -0.05) is 11.6 Å². The molecule has 1 amide bonds. The minimum absolute atomic E-state index is 0.0232. The fourth-order valence-corrected chi connectivity index (χ4v) is 7.87. The molecule has 2 aromatic carbocycles. The van der Waals surface area contributed by atoms with Crippen LogP contribution in [-0.2, 0) is 22.7 Å². The second-order valence-corrected chi connectivity index (χ2v) is 14.3. The Morgan fingerprint density at radius 1 is 1.00 bits per heavy atom. The predicted molar refractivity (Wildman–Crippen MR) is 145 cm³/mol. The summed E-state index contributed by atoms with van der Waals surface area (Å²) in [5, 5.41) is -1.17. The zero-order valence-electron chi connectivity index (χ0n) is 22.5. The Kier molecular flexibility index (Phi) is 7.71. The molecule has 3 atom stereocenters. The molecule has 42 heavy (non-hydrogen) atoms. The maximum Gasteiger partial charge on any atom is 0.416 e. The van der Waals surface area contributed by atoms with Crippen LogP contribution >= 0.6 is 11.6 Å². The maximum absolute atomic E-state index is 15.0. The van der Waals surface area contributed by atoms with E-state index in [0.717, 1.165) is 37.8 Å². The van der Waals surface area contributed by atoms with Crippen LogP contribution in [0, 0.1) is 17.6 Å². The first-order valence-electron chi connectivity index (χ1n) is 14.1. The SMILES string of the molecule is O=C(NS(=O)(=O)C1CC1)c1cc(C2CC2)c(OCC2CC3CC[C@H](C2)N3Cc2cc(C(F)(F)F)cc(Cl)c2F)cc1F. The molecule has 2 aliphatic heterocycles. The number of piperidine rings is 1. The summed E-state index contributed by atoms with van der Waals surface area (Å²) in [6.45, 7) is 0.306. The normalized spacial score (nSPS) is 24.6. The fourth-order valence-electron chi connectivity index (χ4n) is 6.34. The Bertz CT molecular complexity index is 1500. The summed E-state index contributed by atoms with van der Waals surface area (Å²) in [5.41, 5.74) is -0.726. The van der Waals surface area contributed by atoms with Crippen molar-refractivity contribution in [2.75, 3.05) is 6.61 Å². The largest absolute Gasteiger partial charge is 0.493 e. The van der Waals surface area contributed by atoms with Gasteiger partial charge in [0, 0.05) is 30.3 Å². The number of rotatable bonds is 9. The molecular formula is C29H30ClF5N2O4S. The zero-order chi connectivity index (χ0) is 30.0. The van der Waals surface area contributed by atoms with E-state index >= 15 is 4.39 Å². The molecule has 1 N–H and O–H groups in total. The van der Waals surface area contributed by atoms with E-state index < -0.39 is 49.6 Å². The standard InChI is InChI=1S/C29H30ClF5N2O4S/c30-24-10-18(29(33,34)35)9-17(27(24)32)13-37-19-3-4-20(37)8-15(7-19)14-41-26-12-25(31)23(11-22(26)16-1-2-16)28(38)36-42(39,40)21-5-6-21/h9-12,15-16,19-21H,1-8,13-14H2,(H,36,38)/t15?,19-,20?/m1/s1. The number of hydrogen-bond acceptors (Lipinski definition) is 5. The lowest BCUT2D eigenvalue weighted by molar-refractivity contribution is -0.137. The van der Waals surface area contributed by atoms with Gasteiger partial charge in [0.1, 0.15) is 17.4 Å². The third kappa shape index (κ3) is 6.12. The van der Waals surface area contributed by atoms with Crippen molar-refractivity contribution in [3.8, 4) is 5.75 Å². The van der Waals surface area contributed by atoms with Crippen molar-refractivity contribution in [2.45, 2.75) is 87.3 Å². The summed E-state index contributed by atoms with van der Waals surface area (Å²) in [6.07, 6.45) is 1.03. The van der Waals surface area contributed by atoms with Gasteiger partial charge in [-0.3, -0.25) is 9.69 Å². The summed E-state index contributed by atoms with van der Waals surface area (Å²) >= 11 is 5.79. The van der Waals surface area contributed by atoms with E-state index in [4.69, 9.17) is 16.3 Å². The van der Waals surface area contributed by atoms with Gasteiger partial charge in [0.2, 0.25) is 10.0 Å². The van der Waals surface area contributed by atoms with Gasteiger partial charge in [0.25, 0.3) is 5.91 Å². The van der Waals surface area contributed by atoms with Gasteiger partial charge in [-0.2, -0.15) is 13.2 Å². The molecule has 228 valence electrons. The Morgan fingerprint density at radius 2 is 1.67 bits per heavy atom. The molecule has 2 heterocycles. The number of halogens is 6. The molecule has 0 radical (unpaired) electrons. The van der Waals surface area contributed by atoms with Gasteiger partial charge in [-0.05, 0) is 87.0 Å². The first-order valence-corrected chi connectivity index (χ1v) is 16.1. The van der Waals surface area contributed by atoms with Crippen LogP contribution in [0.3, 0.4) is 0 Å². The quantitative estimate of drug-likeness (QED) is 0.317. The van der Waals surface area contributed by atoms with Crippen LogP contribution in [-0.4, -0.2) is 43.2 Å². The van der Waals surface area contributed by atoms with Crippen molar-refractivity contribution in [3.05, 3.63) is 63.2 Å². The summed E-state index contributed by atoms with van der Waals surface area (Å²) in [7, 11) is -3.82. The lowest BCUT2D eigenvalue weighted by Gasteiger charge is -2.39. The van der Waals surface area contributed by atoms with Crippen LogP contribution in [0.15, 0.2) is 24.3 Å². The lowest BCUT2D eigenvalue weighted by Crippen LogP contribution is -2.43. The second-order valence-electron chi connectivity index (χ2n) is 12.0. The van der Waals surface area contributed by atoms with E-state index in [1.807, 2.05) is 9.62 Å². The monoisotopic (exact) mass is 632 g/mol. The highest BCUT2D eigenvalue weighted by molar-refractivity contribution is 7.91. The minimum atomic E-state index is -4.63. The smallest absolute Gasteiger partial charge is 0.416 e. The van der Waals surface area contributed by atoms with Crippen molar-refractivity contribution < 1.29 is 39.9 Å². The Morgan fingerprint density at radius 3 is 2.26 bits per heavy atom. The van der Waals surface area contributed by atoms with Crippen LogP contribution < -0.4 is 9.46 Å². The van der Waals surface area contributed by atoms with E-state index in [9.17, 15) is 30.8 Å². The first kappa shape index (κ1) is 29.6. The molecular weight excluding hydrogens is 603 g/mol. The highest BCUT2D eigenvalue weighted by atomic mass is 35.5. The van der Waals surface area contributed by atoms with Gasteiger partial charge in [0.15, 0.2) is 0 Å². The number of alkyl halides is 3. The molecule has 2 aromatic rings. The number of amides is 1.